The van der Waals surface area contributed by atoms with Gasteiger partial charge in [0.25, 0.3) is 0 Å². The number of amides is 1. The Morgan fingerprint density at radius 1 is 0.879 bits per heavy atom. The molecule has 33 heavy (non-hydrogen) atoms. The Kier molecular flexibility index (Phi) is 6.81. The van der Waals surface area contributed by atoms with Crippen molar-refractivity contribution in [2.75, 3.05) is 52.5 Å². The van der Waals surface area contributed by atoms with E-state index >= 15 is 0 Å². The standard InChI is InChI=1S/C24H35N3O5S/c28-24(27-10-3-6-19-5-1-2-7-21(19)27)18-25-11-13-26(14-12-25)33(29,30)20-8-9-22-23(17-20)32-16-4-15-31-22/h8-9,17,19,21H,1-7,10-16,18H2/t19-,21-/m0/s1. The molecule has 1 aromatic carbocycles. The summed E-state index contributed by atoms with van der Waals surface area (Å²) in [5, 5.41) is 0. The molecule has 8 nitrogen and oxygen atoms in total. The first kappa shape index (κ1) is 22.9. The van der Waals surface area contributed by atoms with Gasteiger partial charge in [-0.3, -0.25) is 9.69 Å². The number of nitrogens with zero attached hydrogens (tertiary/aromatic N) is 3. The maximum absolute atomic E-state index is 13.2. The minimum Gasteiger partial charge on any atom is -0.490 e. The van der Waals surface area contributed by atoms with E-state index in [2.05, 4.69) is 9.80 Å². The third-order valence-electron chi connectivity index (χ3n) is 7.61. The Balaban J connectivity index is 1.18. The van der Waals surface area contributed by atoms with Gasteiger partial charge in [-0.1, -0.05) is 12.8 Å². The van der Waals surface area contributed by atoms with Crippen molar-refractivity contribution in [1.29, 1.82) is 0 Å². The number of likely N-dealkylation sites (tertiary alicyclic amines) is 1. The Hall–Kier alpha value is -1.84. The van der Waals surface area contributed by atoms with Crippen LogP contribution >= 0.6 is 0 Å². The molecule has 182 valence electrons. The molecule has 0 radical (unpaired) electrons. The van der Waals surface area contributed by atoms with Gasteiger partial charge in [-0.2, -0.15) is 4.31 Å². The van der Waals surface area contributed by atoms with Crippen LogP contribution in [0.4, 0.5) is 0 Å². The van der Waals surface area contributed by atoms with E-state index in [0.717, 1.165) is 25.8 Å². The number of hydrogen-bond acceptors (Lipinski definition) is 6. The Morgan fingerprint density at radius 2 is 1.61 bits per heavy atom. The van der Waals surface area contributed by atoms with E-state index in [4.69, 9.17) is 9.47 Å². The maximum atomic E-state index is 13.2. The van der Waals surface area contributed by atoms with E-state index in [9.17, 15) is 13.2 Å². The highest BCUT2D eigenvalue weighted by Crippen LogP contribution is 2.36. The van der Waals surface area contributed by atoms with Gasteiger partial charge in [0.2, 0.25) is 15.9 Å². The summed E-state index contributed by atoms with van der Waals surface area (Å²) in [6.45, 7) is 4.25. The van der Waals surface area contributed by atoms with Crippen molar-refractivity contribution in [3.05, 3.63) is 18.2 Å². The van der Waals surface area contributed by atoms with Crippen molar-refractivity contribution in [3.63, 3.8) is 0 Å². The number of hydrogen-bond donors (Lipinski definition) is 0. The van der Waals surface area contributed by atoms with Crippen molar-refractivity contribution >= 4 is 15.9 Å². The van der Waals surface area contributed by atoms with Gasteiger partial charge >= 0.3 is 0 Å². The Morgan fingerprint density at radius 3 is 2.42 bits per heavy atom. The fourth-order valence-electron chi connectivity index (χ4n) is 5.80. The topological polar surface area (TPSA) is 79.4 Å². The number of benzene rings is 1. The third-order valence-corrected chi connectivity index (χ3v) is 9.51. The lowest BCUT2D eigenvalue weighted by Gasteiger charge is -2.45. The average Bonchev–Trinajstić information content (AvgIpc) is 3.09. The van der Waals surface area contributed by atoms with Gasteiger partial charge in [-0.25, -0.2) is 8.42 Å². The summed E-state index contributed by atoms with van der Waals surface area (Å²) in [6, 6.07) is 5.26. The first-order valence-corrected chi connectivity index (χ1v) is 13.9. The molecule has 2 atom stereocenters. The smallest absolute Gasteiger partial charge is 0.243 e. The van der Waals surface area contributed by atoms with Crippen molar-refractivity contribution in [2.24, 2.45) is 5.92 Å². The summed E-state index contributed by atoms with van der Waals surface area (Å²) < 4.78 is 39.3. The van der Waals surface area contributed by atoms with Crippen LogP contribution in [-0.4, -0.2) is 87.0 Å². The summed E-state index contributed by atoms with van der Waals surface area (Å²) >= 11 is 0. The van der Waals surface area contributed by atoms with Crippen LogP contribution in [0.5, 0.6) is 11.5 Å². The van der Waals surface area contributed by atoms with Crippen LogP contribution in [0.15, 0.2) is 23.1 Å². The number of piperazine rings is 1. The molecule has 5 rings (SSSR count). The fourth-order valence-corrected chi connectivity index (χ4v) is 7.24. The van der Waals surface area contributed by atoms with Crippen LogP contribution < -0.4 is 9.47 Å². The number of fused-ring (bicyclic) bond motifs is 2. The normalized spacial score (nSPS) is 27.0. The number of carbonyl (C=O) groups is 1. The van der Waals surface area contributed by atoms with Gasteiger partial charge < -0.3 is 14.4 Å². The SMILES string of the molecule is O=C(CN1CCN(S(=O)(=O)c2ccc3c(c2)OCCCO3)CC1)N1CCC[C@@H]2CCCC[C@@H]21. The van der Waals surface area contributed by atoms with Gasteiger partial charge in [0.15, 0.2) is 11.5 Å². The number of ether oxygens (including phenoxy) is 2. The molecule has 1 saturated carbocycles. The minimum atomic E-state index is -3.62. The third kappa shape index (κ3) is 4.86. The summed E-state index contributed by atoms with van der Waals surface area (Å²) in [5.74, 6) is 1.97. The highest BCUT2D eigenvalue weighted by Gasteiger charge is 2.37. The van der Waals surface area contributed by atoms with Gasteiger partial charge in [-0.15, -0.1) is 0 Å². The largest absolute Gasteiger partial charge is 0.490 e. The van der Waals surface area contributed by atoms with Gasteiger partial charge in [0.05, 0.1) is 24.7 Å². The lowest BCUT2D eigenvalue weighted by Crippen LogP contribution is -2.55. The molecule has 2 saturated heterocycles. The summed E-state index contributed by atoms with van der Waals surface area (Å²) in [5.41, 5.74) is 0. The minimum absolute atomic E-state index is 0.214. The van der Waals surface area contributed by atoms with Crippen molar-refractivity contribution in [1.82, 2.24) is 14.1 Å². The maximum Gasteiger partial charge on any atom is 0.243 e. The first-order valence-electron chi connectivity index (χ1n) is 12.4. The van der Waals surface area contributed by atoms with Crippen LogP contribution in [-0.2, 0) is 14.8 Å². The molecule has 1 aliphatic carbocycles. The molecule has 3 aliphatic heterocycles. The molecule has 0 unspecified atom stereocenters. The number of sulfonamides is 1. The van der Waals surface area contributed by atoms with Gasteiger partial charge in [0.1, 0.15) is 0 Å². The van der Waals surface area contributed by atoms with Gasteiger partial charge in [0, 0.05) is 51.3 Å². The average molecular weight is 478 g/mol. The molecule has 9 heteroatoms. The summed E-state index contributed by atoms with van der Waals surface area (Å²) in [4.78, 5) is 17.6. The molecule has 4 aliphatic rings. The number of piperidine rings is 1. The molecule has 1 aromatic rings. The van der Waals surface area contributed by atoms with Crippen molar-refractivity contribution in [3.8, 4) is 11.5 Å². The lowest BCUT2D eigenvalue weighted by atomic mass is 9.78. The van der Waals surface area contributed by atoms with E-state index in [1.807, 2.05) is 0 Å². The quantitative estimate of drug-likeness (QED) is 0.662. The first-order chi connectivity index (χ1) is 16.0. The van der Waals surface area contributed by atoms with Crippen LogP contribution in [0.25, 0.3) is 0 Å². The second-order valence-corrected chi connectivity index (χ2v) is 11.6. The molecular weight excluding hydrogens is 442 g/mol. The lowest BCUT2D eigenvalue weighted by molar-refractivity contribution is -0.139. The second kappa shape index (κ2) is 9.80. The van der Waals surface area contributed by atoms with Crippen LogP contribution in [0, 0.1) is 5.92 Å². The molecule has 0 spiro atoms. The van der Waals surface area contributed by atoms with Crippen LogP contribution in [0.2, 0.25) is 0 Å². The molecule has 3 fully saturated rings. The number of rotatable bonds is 4. The molecule has 3 heterocycles. The molecule has 0 aromatic heterocycles. The highest BCUT2D eigenvalue weighted by molar-refractivity contribution is 7.89. The van der Waals surface area contributed by atoms with Crippen LogP contribution in [0.1, 0.15) is 44.9 Å². The van der Waals surface area contributed by atoms with E-state index in [1.165, 1.54) is 30.0 Å². The second-order valence-electron chi connectivity index (χ2n) is 9.68. The van der Waals surface area contributed by atoms with Gasteiger partial charge in [-0.05, 0) is 43.7 Å². The fraction of sp³-hybridized carbons (Fsp3) is 0.708. The molecule has 0 N–H and O–H groups in total. The Bertz CT molecular complexity index is 959. The molecular formula is C24H35N3O5S. The van der Waals surface area contributed by atoms with E-state index in [-0.39, 0.29) is 10.8 Å². The van der Waals surface area contributed by atoms with E-state index in [0.29, 0.717) is 69.4 Å². The molecule has 1 amide bonds. The number of carbonyl (C=O) groups excluding carboxylic acids is 1. The Labute approximate surface area is 196 Å². The van der Waals surface area contributed by atoms with E-state index < -0.39 is 10.0 Å². The zero-order valence-electron chi connectivity index (χ0n) is 19.3. The zero-order chi connectivity index (χ0) is 22.8. The van der Waals surface area contributed by atoms with E-state index in [1.54, 1.807) is 18.2 Å². The molecule has 0 bridgehead atoms. The summed E-state index contributed by atoms with van der Waals surface area (Å²) in [6.07, 6.45) is 8.04. The van der Waals surface area contributed by atoms with Crippen molar-refractivity contribution in [2.45, 2.75) is 55.9 Å². The van der Waals surface area contributed by atoms with Crippen molar-refractivity contribution < 1.29 is 22.7 Å². The predicted molar refractivity (Wildman–Crippen MR) is 124 cm³/mol. The summed E-state index contributed by atoms with van der Waals surface area (Å²) in [7, 11) is -3.62. The zero-order valence-corrected chi connectivity index (χ0v) is 20.1. The van der Waals surface area contributed by atoms with Crippen LogP contribution in [0.3, 0.4) is 0 Å². The predicted octanol–water partition coefficient (Wildman–Crippen LogP) is 2.34. The monoisotopic (exact) mass is 477 g/mol. The highest BCUT2D eigenvalue weighted by atomic mass is 32.2.